The predicted molar refractivity (Wildman–Crippen MR) is 80.8 cm³/mol. The zero-order valence-electron chi connectivity index (χ0n) is 12.8. The van der Waals surface area contributed by atoms with Gasteiger partial charge >= 0.3 is 0 Å². The van der Waals surface area contributed by atoms with Crippen LogP contribution < -0.4 is 5.32 Å². The van der Waals surface area contributed by atoms with E-state index in [1.807, 2.05) is 0 Å². The summed E-state index contributed by atoms with van der Waals surface area (Å²) in [6.07, 6.45) is -6.65. The highest BCUT2D eigenvalue weighted by Gasteiger charge is 2.45. The Hall–Kier alpha value is -2.11. The monoisotopic (exact) mass is 338 g/mol. The first kappa shape index (κ1) is 16.7. The van der Waals surface area contributed by atoms with Gasteiger partial charge in [0.2, 0.25) is 5.91 Å². The number of rotatable bonds is 3. The molecule has 0 bridgehead atoms. The van der Waals surface area contributed by atoms with Gasteiger partial charge in [0.1, 0.15) is 29.9 Å². The minimum absolute atomic E-state index is 0.273. The molecule has 0 aliphatic carbocycles. The molecular weight excluding hydrogens is 320 g/mol. The molecular formula is C14H18N4O6. The summed E-state index contributed by atoms with van der Waals surface area (Å²) in [6.45, 7) is 0.825. The fourth-order valence-electron chi connectivity index (χ4n) is 2.72. The van der Waals surface area contributed by atoms with Gasteiger partial charge in [-0.05, 0) is 12.1 Å². The molecule has 130 valence electrons. The summed E-state index contributed by atoms with van der Waals surface area (Å²) in [5.41, 5.74) is 1.27. The number of aromatic nitrogens is 3. The molecule has 5 atom stereocenters. The van der Waals surface area contributed by atoms with Gasteiger partial charge in [0.05, 0.1) is 17.8 Å². The van der Waals surface area contributed by atoms with Crippen LogP contribution in [0.5, 0.6) is 0 Å². The number of hydrogen-bond acceptors (Lipinski definition) is 8. The van der Waals surface area contributed by atoms with E-state index in [0.717, 1.165) is 0 Å². The number of aliphatic hydroxyl groups excluding tert-OH is 4. The summed E-state index contributed by atoms with van der Waals surface area (Å²) in [4.78, 5) is 11.3. The number of aliphatic hydroxyl groups is 4. The van der Waals surface area contributed by atoms with Crippen LogP contribution in [0.15, 0.2) is 18.2 Å². The van der Waals surface area contributed by atoms with Crippen molar-refractivity contribution in [3.63, 3.8) is 0 Å². The van der Waals surface area contributed by atoms with Crippen LogP contribution >= 0.6 is 0 Å². The van der Waals surface area contributed by atoms with Crippen LogP contribution in [0.2, 0.25) is 0 Å². The highest BCUT2D eigenvalue weighted by molar-refractivity contribution is 5.98. The Balaban J connectivity index is 2.01. The van der Waals surface area contributed by atoms with Crippen molar-refractivity contribution in [1.82, 2.24) is 15.0 Å². The van der Waals surface area contributed by atoms with Crippen LogP contribution in [0.3, 0.4) is 0 Å². The lowest BCUT2D eigenvalue weighted by molar-refractivity contribution is -0.253. The number of amides is 1. The summed E-state index contributed by atoms with van der Waals surface area (Å²) in [7, 11) is 0. The van der Waals surface area contributed by atoms with Crippen LogP contribution in [0.25, 0.3) is 11.0 Å². The Kier molecular flexibility index (Phi) is 4.47. The number of fused-ring (bicyclic) bond motifs is 1. The first-order chi connectivity index (χ1) is 11.4. The number of anilines is 1. The molecule has 1 aromatic heterocycles. The zero-order chi connectivity index (χ0) is 17.4. The number of hydrogen-bond donors (Lipinski definition) is 5. The van der Waals surface area contributed by atoms with E-state index < -0.39 is 37.3 Å². The van der Waals surface area contributed by atoms with Crippen LogP contribution in [-0.2, 0) is 9.53 Å². The van der Waals surface area contributed by atoms with E-state index >= 15 is 0 Å². The maximum atomic E-state index is 11.3. The van der Waals surface area contributed by atoms with E-state index in [9.17, 15) is 25.2 Å². The summed E-state index contributed by atoms with van der Waals surface area (Å²) in [5.74, 6) is -0.273. The van der Waals surface area contributed by atoms with Gasteiger partial charge in [-0.15, -0.1) is 5.10 Å². The molecule has 0 saturated carbocycles. The topological polar surface area (TPSA) is 150 Å². The van der Waals surface area contributed by atoms with Crippen LogP contribution in [0.4, 0.5) is 5.69 Å². The molecule has 0 spiro atoms. The standard InChI is InChI=1S/C14H18N4O6/c1-6(20)15-7-3-2-4-8-10(7)16-17-18(8)14-13(23)12(22)11(21)9(5-19)24-14/h2-4,9,11-14,19,21-23H,5H2,1H3,(H,15,20)/t9-,11-,12+,13-,14+/m1/s1. The van der Waals surface area contributed by atoms with Gasteiger partial charge in [0.25, 0.3) is 0 Å². The first-order valence-electron chi connectivity index (χ1n) is 7.36. The SMILES string of the molecule is CC(=O)Nc1cccc2c1nnn2[C@H]1O[C@H](CO)[C@@H](O)[C@H](O)[C@H]1O. The molecule has 1 saturated heterocycles. The Morgan fingerprint density at radius 1 is 1.29 bits per heavy atom. The van der Waals surface area contributed by atoms with Gasteiger partial charge in [-0.25, -0.2) is 4.68 Å². The van der Waals surface area contributed by atoms with Gasteiger partial charge in [-0.2, -0.15) is 0 Å². The zero-order valence-corrected chi connectivity index (χ0v) is 12.8. The fourth-order valence-corrected chi connectivity index (χ4v) is 2.72. The maximum absolute atomic E-state index is 11.3. The first-order valence-corrected chi connectivity index (χ1v) is 7.36. The van der Waals surface area contributed by atoms with Crippen molar-refractivity contribution >= 4 is 22.6 Å². The molecule has 5 N–H and O–H groups in total. The number of benzene rings is 1. The van der Waals surface area contributed by atoms with Gasteiger partial charge in [0.15, 0.2) is 6.23 Å². The largest absolute Gasteiger partial charge is 0.394 e. The summed E-state index contributed by atoms with van der Waals surface area (Å²) in [6, 6.07) is 4.97. The maximum Gasteiger partial charge on any atom is 0.221 e. The van der Waals surface area contributed by atoms with Crippen molar-refractivity contribution in [2.75, 3.05) is 11.9 Å². The average Bonchev–Trinajstić information content (AvgIpc) is 2.98. The quantitative estimate of drug-likeness (QED) is 0.447. The lowest BCUT2D eigenvalue weighted by Crippen LogP contribution is -2.56. The fraction of sp³-hybridized carbons (Fsp3) is 0.500. The molecule has 1 aliphatic heterocycles. The highest BCUT2D eigenvalue weighted by Crippen LogP contribution is 2.31. The smallest absolute Gasteiger partial charge is 0.221 e. The van der Waals surface area contributed by atoms with Gasteiger partial charge < -0.3 is 30.5 Å². The second-order valence-corrected chi connectivity index (χ2v) is 5.61. The van der Waals surface area contributed by atoms with E-state index in [2.05, 4.69) is 15.6 Å². The lowest BCUT2D eigenvalue weighted by Gasteiger charge is -2.39. The molecule has 1 amide bonds. The Morgan fingerprint density at radius 2 is 2.04 bits per heavy atom. The third kappa shape index (κ3) is 2.74. The molecule has 2 heterocycles. The Labute approximate surface area is 136 Å². The average molecular weight is 338 g/mol. The number of nitrogens with zero attached hydrogens (tertiary/aromatic N) is 3. The minimum atomic E-state index is -1.52. The van der Waals surface area contributed by atoms with Gasteiger partial charge in [0, 0.05) is 6.92 Å². The van der Waals surface area contributed by atoms with Crippen molar-refractivity contribution in [2.45, 2.75) is 37.6 Å². The van der Waals surface area contributed by atoms with Crippen LogP contribution in [-0.4, -0.2) is 72.3 Å². The molecule has 1 fully saturated rings. The van der Waals surface area contributed by atoms with E-state index in [1.54, 1.807) is 18.2 Å². The minimum Gasteiger partial charge on any atom is -0.394 e. The van der Waals surface area contributed by atoms with E-state index in [-0.39, 0.29) is 5.91 Å². The second-order valence-electron chi connectivity index (χ2n) is 5.61. The van der Waals surface area contributed by atoms with Gasteiger partial charge in [-0.1, -0.05) is 11.3 Å². The van der Waals surface area contributed by atoms with E-state index in [4.69, 9.17) is 4.74 Å². The lowest BCUT2D eigenvalue weighted by atomic mass is 9.98. The number of ether oxygens (including phenoxy) is 1. The third-order valence-corrected chi connectivity index (χ3v) is 3.92. The van der Waals surface area contributed by atoms with E-state index in [0.29, 0.717) is 16.7 Å². The molecule has 24 heavy (non-hydrogen) atoms. The van der Waals surface area contributed by atoms with Crippen molar-refractivity contribution < 1.29 is 30.0 Å². The normalized spacial score (nSPS) is 30.5. The molecule has 10 nitrogen and oxygen atoms in total. The Bertz CT molecular complexity index is 748. The van der Waals surface area contributed by atoms with Crippen LogP contribution in [0, 0.1) is 0 Å². The molecule has 10 heteroatoms. The Morgan fingerprint density at radius 3 is 2.71 bits per heavy atom. The number of nitrogens with one attached hydrogen (secondary N) is 1. The van der Waals surface area contributed by atoms with Crippen LogP contribution in [0.1, 0.15) is 13.2 Å². The van der Waals surface area contributed by atoms with Crippen molar-refractivity contribution in [3.8, 4) is 0 Å². The van der Waals surface area contributed by atoms with Crippen molar-refractivity contribution in [3.05, 3.63) is 18.2 Å². The molecule has 1 aliphatic rings. The van der Waals surface area contributed by atoms with E-state index in [1.165, 1.54) is 11.6 Å². The summed E-state index contributed by atoms with van der Waals surface area (Å²) in [5, 5.41) is 49.7. The third-order valence-electron chi connectivity index (χ3n) is 3.92. The van der Waals surface area contributed by atoms with Crippen molar-refractivity contribution in [2.24, 2.45) is 0 Å². The molecule has 0 unspecified atom stereocenters. The van der Waals surface area contributed by atoms with Crippen molar-refractivity contribution in [1.29, 1.82) is 0 Å². The van der Waals surface area contributed by atoms with Gasteiger partial charge in [-0.3, -0.25) is 4.79 Å². The highest BCUT2D eigenvalue weighted by atomic mass is 16.6. The summed E-state index contributed by atoms with van der Waals surface area (Å²) >= 11 is 0. The predicted octanol–water partition coefficient (Wildman–Crippen LogP) is -1.64. The molecule has 0 radical (unpaired) electrons. The molecule has 1 aromatic carbocycles. The number of carbonyl (C=O) groups excluding carboxylic acids is 1. The molecule has 2 aromatic rings. The number of carbonyl (C=O) groups is 1. The second kappa shape index (κ2) is 6.42. The summed E-state index contributed by atoms with van der Waals surface area (Å²) < 4.78 is 6.71. The molecule has 3 rings (SSSR count).